The largest absolute Gasteiger partial charge is 0.387 e. The topological polar surface area (TPSA) is 65.0 Å². The Bertz CT molecular complexity index is 739. The lowest BCUT2D eigenvalue weighted by Gasteiger charge is -2.16. The minimum atomic E-state index is -0.398. The predicted octanol–water partition coefficient (Wildman–Crippen LogP) is 3.68. The van der Waals surface area contributed by atoms with Crippen LogP contribution in [0.25, 0.3) is 0 Å². The molecule has 0 spiro atoms. The fraction of sp³-hybridized carbons (Fsp3) is 0.222. The molecule has 0 saturated carbocycles. The minimum Gasteiger partial charge on any atom is -0.387 e. The van der Waals surface area contributed by atoms with Gasteiger partial charge in [-0.05, 0) is 42.7 Å². The third-order valence-corrected chi connectivity index (χ3v) is 3.97. The molecule has 2 aromatic carbocycles. The number of hydrogen-bond donors (Lipinski definition) is 3. The zero-order valence-electron chi connectivity index (χ0n) is 13.5. The Morgan fingerprint density at radius 3 is 2.30 bits per heavy atom. The maximum atomic E-state index is 12.3. The Labute approximate surface area is 141 Å². The highest BCUT2D eigenvalue weighted by Gasteiger charge is 2.18. The van der Waals surface area contributed by atoms with Crippen molar-refractivity contribution < 1.29 is 4.79 Å². The van der Waals surface area contributed by atoms with Crippen LogP contribution >= 0.6 is 11.6 Å². The van der Waals surface area contributed by atoms with Gasteiger partial charge in [-0.3, -0.25) is 10.2 Å². The van der Waals surface area contributed by atoms with Crippen LogP contribution in [-0.4, -0.2) is 18.7 Å². The van der Waals surface area contributed by atoms with E-state index in [0.29, 0.717) is 17.1 Å². The van der Waals surface area contributed by atoms with Gasteiger partial charge in [0.2, 0.25) is 0 Å². The Kier molecular flexibility index (Phi) is 5.40. The van der Waals surface area contributed by atoms with Gasteiger partial charge in [-0.1, -0.05) is 35.9 Å². The second-order valence-electron chi connectivity index (χ2n) is 5.38. The van der Waals surface area contributed by atoms with Crippen molar-refractivity contribution in [3.05, 3.63) is 63.7 Å². The first-order valence-corrected chi connectivity index (χ1v) is 7.71. The third-order valence-electron chi connectivity index (χ3n) is 3.72. The van der Waals surface area contributed by atoms with E-state index >= 15 is 0 Å². The summed E-state index contributed by atoms with van der Waals surface area (Å²) in [7, 11) is 1.80. The molecule has 0 radical (unpaired) electrons. The molecule has 2 aromatic rings. The van der Waals surface area contributed by atoms with Crippen LogP contribution in [0, 0.1) is 19.3 Å². The average molecular weight is 330 g/mol. The summed E-state index contributed by atoms with van der Waals surface area (Å²) in [5, 5.41) is 14.8. The molecule has 23 heavy (non-hydrogen) atoms. The molecule has 0 saturated heterocycles. The molecule has 0 aliphatic carbocycles. The molecule has 120 valence electrons. The van der Waals surface area contributed by atoms with E-state index < -0.39 is 5.91 Å². The zero-order valence-corrected chi connectivity index (χ0v) is 14.2. The number of amides is 1. The van der Waals surface area contributed by atoms with Gasteiger partial charge in [0.05, 0.1) is 0 Å². The van der Waals surface area contributed by atoms with Crippen LogP contribution < -0.4 is 10.6 Å². The van der Waals surface area contributed by atoms with Crippen LogP contribution in [0.3, 0.4) is 0 Å². The maximum Gasteiger partial charge on any atom is 0.270 e. The number of carbonyl (C=O) groups excluding carboxylic acids is 1. The molecule has 1 amide bonds. The zero-order chi connectivity index (χ0) is 17.0. The minimum absolute atomic E-state index is 0.0375. The van der Waals surface area contributed by atoms with Crippen molar-refractivity contribution in [2.75, 3.05) is 12.4 Å². The molecule has 0 aliphatic rings. The second-order valence-corrected chi connectivity index (χ2v) is 5.82. The van der Waals surface area contributed by atoms with E-state index in [-0.39, 0.29) is 5.71 Å². The number of anilines is 1. The number of benzene rings is 2. The molecule has 0 bridgehead atoms. The van der Waals surface area contributed by atoms with Crippen LogP contribution in [0.5, 0.6) is 0 Å². The van der Waals surface area contributed by atoms with E-state index in [1.807, 2.05) is 38.1 Å². The first-order chi connectivity index (χ1) is 10.9. The first-order valence-electron chi connectivity index (χ1n) is 7.33. The van der Waals surface area contributed by atoms with E-state index in [1.165, 1.54) is 0 Å². The first kappa shape index (κ1) is 17.0. The molecule has 0 atom stereocenters. The molecule has 5 heteroatoms. The molecule has 0 aliphatic heterocycles. The molecular formula is C18H20ClN3O. The van der Waals surface area contributed by atoms with Gasteiger partial charge in [-0.15, -0.1) is 0 Å². The van der Waals surface area contributed by atoms with Gasteiger partial charge in [0, 0.05) is 29.9 Å². The van der Waals surface area contributed by atoms with Crippen LogP contribution in [0.1, 0.15) is 22.3 Å². The van der Waals surface area contributed by atoms with Crippen molar-refractivity contribution >= 4 is 28.9 Å². The number of nitrogens with one attached hydrogen (secondary N) is 3. The van der Waals surface area contributed by atoms with E-state index in [4.69, 9.17) is 17.0 Å². The molecule has 0 unspecified atom stereocenters. The summed E-state index contributed by atoms with van der Waals surface area (Å²) in [6.45, 7) is 4.21. The van der Waals surface area contributed by atoms with Crippen molar-refractivity contribution in [2.24, 2.45) is 0 Å². The molecule has 3 N–H and O–H groups in total. The Morgan fingerprint density at radius 2 is 1.70 bits per heavy atom. The second kappa shape index (κ2) is 7.29. The quantitative estimate of drug-likeness (QED) is 0.733. The van der Waals surface area contributed by atoms with Gasteiger partial charge in [-0.25, -0.2) is 0 Å². The summed E-state index contributed by atoms with van der Waals surface area (Å²) in [6, 6.07) is 11.2. The molecule has 4 nitrogen and oxygen atoms in total. The third kappa shape index (κ3) is 3.90. The summed E-state index contributed by atoms with van der Waals surface area (Å²) in [5.74, 6) is -0.398. The van der Waals surface area contributed by atoms with Gasteiger partial charge in [0.25, 0.3) is 5.91 Å². The van der Waals surface area contributed by atoms with Crippen molar-refractivity contribution in [3.63, 3.8) is 0 Å². The molecular weight excluding hydrogens is 310 g/mol. The summed E-state index contributed by atoms with van der Waals surface area (Å²) in [6.07, 6.45) is 0. The SMILES string of the molecule is CNc1c(C)ccc(C)c1C(=N)C(=O)NCc1ccc(Cl)cc1. The van der Waals surface area contributed by atoms with Crippen LogP contribution in [0.15, 0.2) is 36.4 Å². The monoisotopic (exact) mass is 329 g/mol. The van der Waals surface area contributed by atoms with Crippen LogP contribution in [0.2, 0.25) is 5.02 Å². The number of halogens is 1. The number of carbonyl (C=O) groups is 1. The van der Waals surface area contributed by atoms with E-state index in [1.54, 1.807) is 19.2 Å². The molecule has 2 rings (SSSR count). The van der Waals surface area contributed by atoms with Crippen molar-refractivity contribution in [2.45, 2.75) is 20.4 Å². The van der Waals surface area contributed by atoms with E-state index in [2.05, 4.69) is 10.6 Å². The maximum absolute atomic E-state index is 12.3. The average Bonchev–Trinajstić information content (AvgIpc) is 2.55. The van der Waals surface area contributed by atoms with Gasteiger partial charge >= 0.3 is 0 Å². The Morgan fingerprint density at radius 1 is 1.09 bits per heavy atom. The fourth-order valence-electron chi connectivity index (χ4n) is 2.44. The van der Waals surface area contributed by atoms with Crippen molar-refractivity contribution in [3.8, 4) is 0 Å². The van der Waals surface area contributed by atoms with Crippen molar-refractivity contribution in [1.29, 1.82) is 5.41 Å². The van der Waals surface area contributed by atoms with Crippen LogP contribution in [-0.2, 0) is 11.3 Å². The Hall–Kier alpha value is -2.33. The highest BCUT2D eigenvalue weighted by Crippen LogP contribution is 2.24. The van der Waals surface area contributed by atoms with Gasteiger partial charge in [-0.2, -0.15) is 0 Å². The van der Waals surface area contributed by atoms with E-state index in [9.17, 15) is 4.79 Å². The Balaban J connectivity index is 2.15. The summed E-state index contributed by atoms with van der Waals surface area (Å²) >= 11 is 5.84. The molecule has 0 fully saturated rings. The van der Waals surface area contributed by atoms with Crippen LogP contribution in [0.4, 0.5) is 5.69 Å². The number of rotatable bonds is 5. The lowest BCUT2D eigenvalue weighted by Crippen LogP contribution is -2.31. The highest BCUT2D eigenvalue weighted by molar-refractivity contribution is 6.45. The number of hydrogen-bond acceptors (Lipinski definition) is 3. The summed E-state index contributed by atoms with van der Waals surface area (Å²) in [4.78, 5) is 12.3. The number of aryl methyl sites for hydroxylation is 2. The lowest BCUT2D eigenvalue weighted by atomic mass is 9.97. The van der Waals surface area contributed by atoms with Crippen molar-refractivity contribution in [1.82, 2.24) is 5.32 Å². The predicted molar refractivity (Wildman–Crippen MR) is 95.6 cm³/mol. The van der Waals surface area contributed by atoms with Gasteiger partial charge in [0.15, 0.2) is 0 Å². The van der Waals surface area contributed by atoms with Gasteiger partial charge in [0.1, 0.15) is 5.71 Å². The normalized spacial score (nSPS) is 10.3. The highest BCUT2D eigenvalue weighted by atomic mass is 35.5. The van der Waals surface area contributed by atoms with E-state index in [0.717, 1.165) is 22.4 Å². The lowest BCUT2D eigenvalue weighted by molar-refractivity contribution is -0.114. The summed E-state index contributed by atoms with van der Waals surface area (Å²) < 4.78 is 0. The summed E-state index contributed by atoms with van der Waals surface area (Å²) in [5.41, 5.74) is 4.25. The van der Waals surface area contributed by atoms with Gasteiger partial charge < -0.3 is 10.6 Å². The standard InChI is InChI=1S/C18H20ClN3O/c1-11-4-5-12(2)17(21-3)15(11)16(20)18(23)22-10-13-6-8-14(19)9-7-13/h4-9,20-21H,10H2,1-3H3,(H,22,23). The smallest absolute Gasteiger partial charge is 0.270 e. The molecule has 0 aromatic heterocycles. The molecule has 0 heterocycles. The fourth-order valence-corrected chi connectivity index (χ4v) is 2.57.